The summed E-state index contributed by atoms with van der Waals surface area (Å²) in [5, 5.41) is 6.91. The Morgan fingerprint density at radius 2 is 2.24 bits per heavy atom. The van der Waals surface area contributed by atoms with Crippen molar-refractivity contribution in [1.29, 1.82) is 0 Å². The van der Waals surface area contributed by atoms with Crippen LogP contribution in [0.2, 0.25) is 0 Å². The molecule has 0 fully saturated rings. The molecule has 0 saturated heterocycles. The van der Waals surface area contributed by atoms with E-state index in [9.17, 15) is 8.42 Å². The average molecular weight is 291 g/mol. The molecule has 0 unspecified atom stereocenters. The Hall–Kier alpha value is -1.06. The highest BCUT2D eigenvalue weighted by molar-refractivity contribution is 7.90. The van der Waals surface area contributed by atoms with E-state index in [0.29, 0.717) is 21.5 Å². The molecular formula is C8H9N3O3S3. The first-order chi connectivity index (χ1) is 7.85. The lowest BCUT2D eigenvalue weighted by atomic mass is 10.4. The predicted octanol–water partition coefficient (Wildman–Crippen LogP) is 1.71. The SMILES string of the molecule is Cc1nc(CS(C)(=O)=O)sc1-c1n[nH]c(=S)o1. The molecule has 2 rings (SSSR count). The molecule has 0 atom stereocenters. The van der Waals surface area contributed by atoms with Gasteiger partial charge in [0.15, 0.2) is 9.84 Å². The number of rotatable bonds is 3. The number of nitrogens with one attached hydrogen (secondary N) is 1. The maximum Gasteiger partial charge on any atom is 0.284 e. The van der Waals surface area contributed by atoms with E-state index in [1.807, 2.05) is 0 Å². The van der Waals surface area contributed by atoms with Gasteiger partial charge in [-0.1, -0.05) is 0 Å². The molecule has 1 N–H and O–H groups in total. The van der Waals surface area contributed by atoms with Gasteiger partial charge in [0.05, 0.1) is 5.69 Å². The topological polar surface area (TPSA) is 88.9 Å². The van der Waals surface area contributed by atoms with E-state index in [1.54, 1.807) is 6.92 Å². The van der Waals surface area contributed by atoms with Crippen molar-refractivity contribution in [3.8, 4) is 10.8 Å². The minimum Gasteiger partial charge on any atom is -0.408 e. The summed E-state index contributed by atoms with van der Waals surface area (Å²) >= 11 is 6.01. The van der Waals surface area contributed by atoms with Gasteiger partial charge >= 0.3 is 0 Å². The van der Waals surface area contributed by atoms with E-state index in [1.165, 1.54) is 17.6 Å². The Labute approximate surface area is 107 Å². The third-order valence-corrected chi connectivity index (χ3v) is 4.16. The maximum atomic E-state index is 11.2. The van der Waals surface area contributed by atoms with Crippen LogP contribution in [-0.4, -0.2) is 29.9 Å². The Bertz CT molecular complexity index is 695. The highest BCUT2D eigenvalue weighted by Gasteiger charge is 2.16. The number of H-pyrrole nitrogens is 1. The first kappa shape index (κ1) is 12.4. The predicted molar refractivity (Wildman–Crippen MR) is 66.1 cm³/mol. The Morgan fingerprint density at radius 1 is 1.53 bits per heavy atom. The van der Waals surface area contributed by atoms with Crippen LogP contribution < -0.4 is 0 Å². The second-order valence-electron chi connectivity index (χ2n) is 3.51. The van der Waals surface area contributed by atoms with Crippen molar-refractivity contribution >= 4 is 33.4 Å². The van der Waals surface area contributed by atoms with Crippen molar-refractivity contribution in [3.05, 3.63) is 15.5 Å². The Balaban J connectivity index is 2.41. The number of aromatic nitrogens is 3. The van der Waals surface area contributed by atoms with E-state index in [-0.39, 0.29) is 10.6 Å². The second kappa shape index (κ2) is 4.31. The Kier molecular flexibility index (Phi) is 3.15. The molecule has 92 valence electrons. The highest BCUT2D eigenvalue weighted by Crippen LogP contribution is 2.29. The fraction of sp³-hybridized carbons (Fsp3) is 0.375. The standard InChI is InChI=1S/C8H9N3O3S3/c1-4-6(7-10-11-8(15)14-7)16-5(9-4)3-17(2,12)13/h3H2,1-2H3,(H,11,15). The molecule has 0 aliphatic heterocycles. The number of nitrogens with zero attached hydrogens (tertiary/aromatic N) is 2. The molecule has 2 heterocycles. The average Bonchev–Trinajstić information content (AvgIpc) is 2.70. The van der Waals surface area contributed by atoms with Gasteiger partial charge in [-0.2, -0.15) is 0 Å². The summed E-state index contributed by atoms with van der Waals surface area (Å²) in [6.07, 6.45) is 1.17. The molecule has 0 amide bonds. The number of aryl methyl sites for hydroxylation is 1. The summed E-state index contributed by atoms with van der Waals surface area (Å²) in [6, 6.07) is 0. The number of hydrogen-bond acceptors (Lipinski definition) is 7. The smallest absolute Gasteiger partial charge is 0.284 e. The molecule has 0 saturated carbocycles. The van der Waals surface area contributed by atoms with Crippen molar-refractivity contribution < 1.29 is 12.8 Å². The monoisotopic (exact) mass is 291 g/mol. The fourth-order valence-electron chi connectivity index (χ4n) is 1.26. The number of thiazole rings is 1. The van der Waals surface area contributed by atoms with Crippen LogP contribution in [0.25, 0.3) is 10.8 Å². The molecule has 17 heavy (non-hydrogen) atoms. The van der Waals surface area contributed by atoms with Crippen molar-refractivity contribution in [2.45, 2.75) is 12.7 Å². The van der Waals surface area contributed by atoms with Crippen molar-refractivity contribution in [2.24, 2.45) is 0 Å². The zero-order chi connectivity index (χ0) is 12.6. The van der Waals surface area contributed by atoms with Gasteiger partial charge in [-0.25, -0.2) is 18.5 Å². The van der Waals surface area contributed by atoms with Gasteiger partial charge in [-0.3, -0.25) is 0 Å². The quantitative estimate of drug-likeness (QED) is 0.866. The van der Waals surface area contributed by atoms with Gasteiger partial charge in [0.25, 0.3) is 10.7 Å². The van der Waals surface area contributed by atoms with E-state index in [2.05, 4.69) is 15.2 Å². The van der Waals surface area contributed by atoms with Crippen LogP contribution in [0.4, 0.5) is 0 Å². The van der Waals surface area contributed by atoms with Gasteiger partial charge in [0.2, 0.25) is 0 Å². The van der Waals surface area contributed by atoms with Gasteiger partial charge in [0.1, 0.15) is 15.6 Å². The molecule has 2 aromatic heterocycles. The van der Waals surface area contributed by atoms with Crippen LogP contribution in [0.1, 0.15) is 10.7 Å². The number of aromatic amines is 1. The van der Waals surface area contributed by atoms with E-state index >= 15 is 0 Å². The van der Waals surface area contributed by atoms with E-state index in [0.717, 1.165) is 0 Å². The van der Waals surface area contributed by atoms with Crippen molar-refractivity contribution in [2.75, 3.05) is 6.26 Å². The summed E-state index contributed by atoms with van der Waals surface area (Å²) < 4.78 is 27.5. The summed E-state index contributed by atoms with van der Waals surface area (Å²) in [4.78, 5) is 5.04. The number of hydrogen-bond donors (Lipinski definition) is 1. The first-order valence-electron chi connectivity index (χ1n) is 4.55. The van der Waals surface area contributed by atoms with Gasteiger partial charge in [0, 0.05) is 6.26 Å². The lowest BCUT2D eigenvalue weighted by Crippen LogP contribution is -1.99. The van der Waals surface area contributed by atoms with Crippen LogP contribution >= 0.6 is 23.6 Å². The Morgan fingerprint density at radius 3 is 2.76 bits per heavy atom. The second-order valence-corrected chi connectivity index (χ2v) is 7.11. The molecular weight excluding hydrogens is 282 g/mol. The van der Waals surface area contributed by atoms with Crippen LogP contribution in [0.5, 0.6) is 0 Å². The maximum absolute atomic E-state index is 11.2. The van der Waals surface area contributed by atoms with Gasteiger partial charge in [-0.05, 0) is 19.1 Å². The van der Waals surface area contributed by atoms with Gasteiger partial charge < -0.3 is 4.42 Å². The molecule has 0 bridgehead atoms. The lowest BCUT2D eigenvalue weighted by Gasteiger charge is -1.90. The molecule has 6 nitrogen and oxygen atoms in total. The zero-order valence-electron chi connectivity index (χ0n) is 9.05. The fourth-order valence-corrected chi connectivity index (χ4v) is 3.57. The van der Waals surface area contributed by atoms with Crippen LogP contribution in [0.3, 0.4) is 0 Å². The van der Waals surface area contributed by atoms with E-state index in [4.69, 9.17) is 16.6 Å². The molecule has 2 aromatic rings. The third-order valence-electron chi connectivity index (χ3n) is 1.86. The molecule has 0 aliphatic rings. The minimum absolute atomic E-state index is 0.0797. The summed E-state index contributed by atoms with van der Waals surface area (Å²) in [6.45, 7) is 1.77. The number of sulfone groups is 1. The summed E-state index contributed by atoms with van der Waals surface area (Å²) in [7, 11) is -3.09. The van der Waals surface area contributed by atoms with Crippen molar-refractivity contribution in [1.82, 2.24) is 15.2 Å². The summed E-state index contributed by atoms with van der Waals surface area (Å²) in [5.74, 6) is 0.258. The highest BCUT2D eigenvalue weighted by atomic mass is 32.2. The van der Waals surface area contributed by atoms with Crippen molar-refractivity contribution in [3.63, 3.8) is 0 Å². The molecule has 0 aliphatic carbocycles. The largest absolute Gasteiger partial charge is 0.408 e. The molecule has 0 radical (unpaired) electrons. The van der Waals surface area contributed by atoms with E-state index < -0.39 is 9.84 Å². The lowest BCUT2D eigenvalue weighted by molar-refractivity contribution is 0.553. The van der Waals surface area contributed by atoms with Crippen LogP contribution in [0.15, 0.2) is 4.42 Å². The summed E-state index contributed by atoms with van der Waals surface area (Å²) in [5.41, 5.74) is 0.680. The zero-order valence-corrected chi connectivity index (χ0v) is 11.5. The molecule has 9 heteroatoms. The van der Waals surface area contributed by atoms with Crippen LogP contribution in [-0.2, 0) is 15.6 Å². The molecule has 0 aromatic carbocycles. The third kappa shape index (κ3) is 2.99. The van der Waals surface area contributed by atoms with Gasteiger partial charge in [-0.15, -0.1) is 16.4 Å². The minimum atomic E-state index is -3.09. The molecule has 0 spiro atoms. The van der Waals surface area contributed by atoms with Crippen LogP contribution in [0, 0.1) is 11.8 Å². The normalized spacial score (nSPS) is 11.9. The first-order valence-corrected chi connectivity index (χ1v) is 7.83.